The molecule has 0 aliphatic rings. The number of hydrogen-bond acceptors (Lipinski definition) is 2. The smallest absolute Gasteiger partial charge is 0.101 e. The number of nitrogens with zero attached hydrogens (tertiary/aromatic N) is 2. The molecule has 0 aliphatic carbocycles. The van der Waals surface area contributed by atoms with E-state index < -0.39 is 0 Å². The van der Waals surface area contributed by atoms with Crippen LogP contribution in [0.4, 0.5) is 0 Å². The van der Waals surface area contributed by atoms with Gasteiger partial charge in [0.1, 0.15) is 6.07 Å². The summed E-state index contributed by atoms with van der Waals surface area (Å²) in [4.78, 5) is 4.12. The zero-order valence-corrected chi connectivity index (χ0v) is 9.49. The molecule has 2 aromatic rings. The van der Waals surface area contributed by atoms with Crippen LogP contribution in [-0.4, -0.2) is 4.98 Å². The first-order chi connectivity index (χ1) is 7.70. The third kappa shape index (κ3) is 2.05. The summed E-state index contributed by atoms with van der Waals surface area (Å²) in [6.07, 6.45) is 3.58. The number of pyridine rings is 1. The average molecular weight is 229 g/mol. The summed E-state index contributed by atoms with van der Waals surface area (Å²) < 4.78 is 0. The number of halogens is 1. The van der Waals surface area contributed by atoms with Gasteiger partial charge in [-0.2, -0.15) is 5.26 Å². The summed E-state index contributed by atoms with van der Waals surface area (Å²) in [7, 11) is 0. The van der Waals surface area contributed by atoms with Crippen LogP contribution in [0.5, 0.6) is 0 Å². The normalized spacial score (nSPS) is 9.81. The lowest BCUT2D eigenvalue weighted by molar-refractivity contribution is 1.27. The maximum Gasteiger partial charge on any atom is 0.101 e. The third-order valence-electron chi connectivity index (χ3n) is 2.30. The lowest BCUT2D eigenvalue weighted by Gasteiger charge is -2.03. The molecular formula is C13H9ClN2. The molecule has 0 spiro atoms. The second-order valence-corrected chi connectivity index (χ2v) is 3.96. The first-order valence-corrected chi connectivity index (χ1v) is 5.20. The van der Waals surface area contributed by atoms with E-state index in [0.29, 0.717) is 10.6 Å². The van der Waals surface area contributed by atoms with E-state index in [1.165, 1.54) is 0 Å². The van der Waals surface area contributed by atoms with Gasteiger partial charge in [0.05, 0.1) is 10.6 Å². The van der Waals surface area contributed by atoms with E-state index >= 15 is 0 Å². The predicted molar refractivity (Wildman–Crippen MR) is 64.1 cm³/mol. The minimum Gasteiger partial charge on any atom is -0.264 e. The average Bonchev–Trinajstić information content (AvgIpc) is 2.29. The van der Waals surface area contributed by atoms with Crippen LogP contribution in [0.15, 0.2) is 36.7 Å². The fourth-order valence-corrected chi connectivity index (χ4v) is 1.72. The molecule has 0 saturated heterocycles. The van der Waals surface area contributed by atoms with Gasteiger partial charge in [0.2, 0.25) is 0 Å². The van der Waals surface area contributed by atoms with Gasteiger partial charge in [0.25, 0.3) is 0 Å². The van der Waals surface area contributed by atoms with Crippen LogP contribution in [0.25, 0.3) is 11.1 Å². The van der Waals surface area contributed by atoms with Crippen molar-refractivity contribution in [3.8, 4) is 17.2 Å². The van der Waals surface area contributed by atoms with E-state index in [-0.39, 0.29) is 0 Å². The maximum atomic E-state index is 8.78. The van der Waals surface area contributed by atoms with Crippen molar-refractivity contribution in [2.45, 2.75) is 6.92 Å². The van der Waals surface area contributed by atoms with Gasteiger partial charge in [-0.3, -0.25) is 4.98 Å². The van der Waals surface area contributed by atoms with Gasteiger partial charge in [-0.1, -0.05) is 17.7 Å². The van der Waals surface area contributed by atoms with Crippen molar-refractivity contribution in [1.29, 1.82) is 5.26 Å². The molecule has 0 aliphatic heterocycles. The predicted octanol–water partition coefficient (Wildman–Crippen LogP) is 3.58. The number of hydrogen-bond donors (Lipinski definition) is 0. The van der Waals surface area contributed by atoms with E-state index in [2.05, 4.69) is 4.98 Å². The molecule has 0 fully saturated rings. The molecule has 0 amide bonds. The number of rotatable bonds is 1. The Morgan fingerprint density at radius 1 is 1.19 bits per heavy atom. The number of benzene rings is 1. The minimum absolute atomic E-state index is 0.474. The summed E-state index contributed by atoms with van der Waals surface area (Å²) in [6, 6.07) is 9.46. The fraction of sp³-hybridized carbons (Fsp3) is 0.0769. The number of nitriles is 1. The largest absolute Gasteiger partial charge is 0.264 e. The Morgan fingerprint density at radius 3 is 2.62 bits per heavy atom. The van der Waals surface area contributed by atoms with Crippen molar-refractivity contribution >= 4 is 11.6 Å². The molecule has 0 saturated carbocycles. The molecule has 1 aromatic carbocycles. The van der Waals surface area contributed by atoms with Crippen LogP contribution in [0.2, 0.25) is 5.02 Å². The van der Waals surface area contributed by atoms with Crippen molar-refractivity contribution in [2.24, 2.45) is 0 Å². The SMILES string of the molecule is Cc1cncc(-c2ccc(C#N)c(Cl)c2)c1. The fourth-order valence-electron chi connectivity index (χ4n) is 1.50. The van der Waals surface area contributed by atoms with Gasteiger partial charge in [-0.05, 0) is 36.2 Å². The van der Waals surface area contributed by atoms with Crippen molar-refractivity contribution in [2.75, 3.05) is 0 Å². The van der Waals surface area contributed by atoms with E-state index in [4.69, 9.17) is 16.9 Å². The van der Waals surface area contributed by atoms with Crippen molar-refractivity contribution in [1.82, 2.24) is 4.98 Å². The van der Waals surface area contributed by atoms with Gasteiger partial charge < -0.3 is 0 Å². The van der Waals surface area contributed by atoms with Gasteiger partial charge in [0, 0.05) is 18.0 Å². The molecule has 2 rings (SSSR count). The Labute approximate surface area is 99.1 Å². The van der Waals surface area contributed by atoms with E-state index in [9.17, 15) is 0 Å². The van der Waals surface area contributed by atoms with Crippen LogP contribution < -0.4 is 0 Å². The summed E-state index contributed by atoms with van der Waals surface area (Å²) in [6.45, 7) is 1.99. The Balaban J connectivity index is 2.50. The highest BCUT2D eigenvalue weighted by Gasteiger charge is 2.03. The highest BCUT2D eigenvalue weighted by Crippen LogP contribution is 2.25. The molecule has 0 atom stereocenters. The highest BCUT2D eigenvalue weighted by atomic mass is 35.5. The van der Waals surface area contributed by atoms with E-state index in [1.54, 1.807) is 24.5 Å². The summed E-state index contributed by atoms with van der Waals surface area (Å²) in [5, 5.41) is 9.25. The molecule has 78 valence electrons. The molecule has 0 bridgehead atoms. The second kappa shape index (κ2) is 4.34. The topological polar surface area (TPSA) is 36.7 Å². The lowest BCUT2D eigenvalue weighted by Crippen LogP contribution is -1.84. The highest BCUT2D eigenvalue weighted by molar-refractivity contribution is 6.32. The van der Waals surface area contributed by atoms with Crippen LogP contribution in [-0.2, 0) is 0 Å². The van der Waals surface area contributed by atoms with Gasteiger partial charge in [-0.25, -0.2) is 0 Å². The first kappa shape index (κ1) is 10.7. The zero-order valence-electron chi connectivity index (χ0n) is 8.74. The molecule has 0 unspecified atom stereocenters. The van der Waals surface area contributed by atoms with Crippen LogP contribution >= 0.6 is 11.6 Å². The van der Waals surface area contributed by atoms with Gasteiger partial charge in [-0.15, -0.1) is 0 Å². The zero-order chi connectivity index (χ0) is 11.5. The van der Waals surface area contributed by atoms with Crippen molar-refractivity contribution < 1.29 is 0 Å². The molecule has 0 N–H and O–H groups in total. The second-order valence-electron chi connectivity index (χ2n) is 3.56. The molecule has 3 heteroatoms. The molecule has 1 heterocycles. The minimum atomic E-state index is 0.474. The lowest BCUT2D eigenvalue weighted by atomic mass is 10.0. The summed E-state index contributed by atoms with van der Waals surface area (Å²) in [5.74, 6) is 0. The molecule has 0 radical (unpaired) electrons. The quantitative estimate of drug-likeness (QED) is 0.748. The molecular weight excluding hydrogens is 220 g/mol. The Kier molecular flexibility index (Phi) is 2.89. The maximum absolute atomic E-state index is 8.78. The summed E-state index contributed by atoms with van der Waals surface area (Å²) >= 11 is 5.98. The third-order valence-corrected chi connectivity index (χ3v) is 2.61. The van der Waals surface area contributed by atoms with Crippen molar-refractivity contribution in [3.63, 3.8) is 0 Å². The van der Waals surface area contributed by atoms with Crippen molar-refractivity contribution in [3.05, 3.63) is 52.8 Å². The molecule has 2 nitrogen and oxygen atoms in total. The van der Waals surface area contributed by atoms with Crippen LogP contribution in [0, 0.1) is 18.3 Å². The van der Waals surface area contributed by atoms with E-state index in [0.717, 1.165) is 16.7 Å². The number of aryl methyl sites for hydroxylation is 1. The molecule has 1 aromatic heterocycles. The van der Waals surface area contributed by atoms with Gasteiger partial charge >= 0.3 is 0 Å². The Bertz CT molecular complexity index is 570. The Morgan fingerprint density at radius 2 is 2.00 bits per heavy atom. The van der Waals surface area contributed by atoms with Gasteiger partial charge in [0.15, 0.2) is 0 Å². The summed E-state index contributed by atoms with van der Waals surface area (Å²) in [5.41, 5.74) is 3.57. The first-order valence-electron chi connectivity index (χ1n) is 4.82. The molecule has 16 heavy (non-hydrogen) atoms. The Hall–Kier alpha value is -1.85. The standard InChI is InChI=1S/C13H9ClN2/c1-9-4-12(8-16-7-9)10-2-3-11(6-15)13(14)5-10/h2-5,7-8H,1H3. The monoisotopic (exact) mass is 228 g/mol. The number of aromatic nitrogens is 1. The van der Waals surface area contributed by atoms with E-state index in [1.807, 2.05) is 25.1 Å². The van der Waals surface area contributed by atoms with Crippen LogP contribution in [0.1, 0.15) is 11.1 Å². The van der Waals surface area contributed by atoms with Crippen LogP contribution in [0.3, 0.4) is 0 Å².